The van der Waals surface area contributed by atoms with Gasteiger partial charge in [0.25, 0.3) is 0 Å². The van der Waals surface area contributed by atoms with E-state index in [1.807, 2.05) is 17.0 Å². The molecule has 8 heteroatoms. The minimum absolute atomic E-state index is 0.00268. The summed E-state index contributed by atoms with van der Waals surface area (Å²) in [6.45, 7) is 1.69. The molecule has 2 amide bonds. The molecule has 1 aliphatic carbocycles. The highest BCUT2D eigenvalue weighted by molar-refractivity contribution is 7.92. The van der Waals surface area contributed by atoms with E-state index in [9.17, 15) is 18.0 Å². The van der Waals surface area contributed by atoms with Gasteiger partial charge in [-0.1, -0.05) is 12.8 Å². The van der Waals surface area contributed by atoms with Gasteiger partial charge < -0.3 is 15.5 Å². The predicted octanol–water partition coefficient (Wildman–Crippen LogP) is 1.31. The van der Waals surface area contributed by atoms with Crippen LogP contribution in [0.1, 0.15) is 32.1 Å². The number of amides is 2. The molecule has 1 heterocycles. The molecule has 2 fully saturated rings. The quantitative estimate of drug-likeness (QED) is 0.777. The van der Waals surface area contributed by atoms with E-state index >= 15 is 0 Å². The van der Waals surface area contributed by atoms with Crippen molar-refractivity contribution in [1.29, 1.82) is 0 Å². The Morgan fingerprint density at radius 2 is 1.88 bits per heavy atom. The minimum atomic E-state index is -3.18. The van der Waals surface area contributed by atoms with Gasteiger partial charge in [-0.25, -0.2) is 8.42 Å². The van der Waals surface area contributed by atoms with Gasteiger partial charge in [0.15, 0.2) is 9.84 Å². The third-order valence-corrected chi connectivity index (χ3v) is 7.24. The Kier molecular flexibility index (Phi) is 5.80. The molecule has 1 saturated heterocycles. The van der Waals surface area contributed by atoms with E-state index in [2.05, 4.69) is 10.6 Å². The van der Waals surface area contributed by atoms with Crippen LogP contribution < -0.4 is 15.5 Å². The van der Waals surface area contributed by atoms with E-state index in [1.165, 1.54) is 0 Å². The monoisotopic (exact) mass is 379 g/mol. The van der Waals surface area contributed by atoms with E-state index in [0.29, 0.717) is 18.8 Å². The Bertz CT molecular complexity index is 755. The average Bonchev–Trinajstić information content (AvgIpc) is 3.16. The van der Waals surface area contributed by atoms with E-state index in [4.69, 9.17) is 0 Å². The lowest BCUT2D eigenvalue weighted by molar-refractivity contribution is -0.120. The summed E-state index contributed by atoms with van der Waals surface area (Å²) in [5.41, 5.74) is 1.54. The van der Waals surface area contributed by atoms with Gasteiger partial charge >= 0.3 is 0 Å². The molecule has 1 aliphatic heterocycles. The molecular weight excluding hydrogens is 354 g/mol. The number of nitrogens with zero attached hydrogens (tertiary/aromatic N) is 1. The van der Waals surface area contributed by atoms with E-state index < -0.39 is 9.84 Å². The van der Waals surface area contributed by atoms with E-state index in [-0.39, 0.29) is 29.2 Å². The SMILES string of the molecule is O=C1CN(c2ccc(NC(=O)CCS(=O)(=O)C3CCCC3)cc2)CCN1. The van der Waals surface area contributed by atoms with Crippen LogP contribution in [0.25, 0.3) is 0 Å². The lowest BCUT2D eigenvalue weighted by atomic mass is 10.2. The van der Waals surface area contributed by atoms with E-state index in [1.54, 1.807) is 12.1 Å². The molecule has 0 bridgehead atoms. The van der Waals surface area contributed by atoms with Crippen molar-refractivity contribution in [3.63, 3.8) is 0 Å². The van der Waals surface area contributed by atoms with Crippen LogP contribution in [0.5, 0.6) is 0 Å². The van der Waals surface area contributed by atoms with Gasteiger partial charge in [-0.05, 0) is 37.1 Å². The number of benzene rings is 1. The Morgan fingerprint density at radius 3 is 2.54 bits per heavy atom. The molecule has 0 atom stereocenters. The molecule has 1 aromatic carbocycles. The highest BCUT2D eigenvalue weighted by Gasteiger charge is 2.28. The maximum absolute atomic E-state index is 12.2. The van der Waals surface area contributed by atoms with Crippen molar-refractivity contribution < 1.29 is 18.0 Å². The Balaban J connectivity index is 1.50. The molecular formula is C18H25N3O4S. The summed E-state index contributed by atoms with van der Waals surface area (Å²) in [6.07, 6.45) is 3.34. The summed E-state index contributed by atoms with van der Waals surface area (Å²) in [6, 6.07) is 7.24. The summed E-state index contributed by atoms with van der Waals surface area (Å²) >= 11 is 0. The zero-order valence-electron chi connectivity index (χ0n) is 14.7. The third kappa shape index (κ3) is 4.75. The zero-order valence-corrected chi connectivity index (χ0v) is 15.6. The molecule has 0 radical (unpaired) electrons. The molecule has 0 unspecified atom stereocenters. The van der Waals surface area contributed by atoms with Crippen LogP contribution in [0.3, 0.4) is 0 Å². The van der Waals surface area contributed by atoms with Crippen LogP contribution in [-0.4, -0.2) is 50.9 Å². The molecule has 142 valence electrons. The summed E-state index contributed by atoms with van der Waals surface area (Å²) in [5.74, 6) is -0.390. The summed E-state index contributed by atoms with van der Waals surface area (Å²) in [5, 5.41) is 5.25. The molecule has 2 aliphatic rings. The minimum Gasteiger partial charge on any atom is -0.360 e. The number of carbonyl (C=O) groups excluding carboxylic acids is 2. The zero-order chi connectivity index (χ0) is 18.6. The average molecular weight is 379 g/mol. The van der Waals surface area contributed by atoms with Crippen LogP contribution in [-0.2, 0) is 19.4 Å². The van der Waals surface area contributed by atoms with Gasteiger partial charge in [0.2, 0.25) is 11.8 Å². The number of nitrogens with one attached hydrogen (secondary N) is 2. The molecule has 2 N–H and O–H groups in total. The fraction of sp³-hybridized carbons (Fsp3) is 0.556. The first-order valence-corrected chi connectivity index (χ1v) is 10.8. The Morgan fingerprint density at radius 1 is 1.19 bits per heavy atom. The third-order valence-electron chi connectivity index (χ3n) is 4.98. The smallest absolute Gasteiger partial charge is 0.239 e. The van der Waals surface area contributed by atoms with Crippen molar-refractivity contribution in [2.24, 2.45) is 0 Å². The second-order valence-corrected chi connectivity index (χ2v) is 9.29. The van der Waals surface area contributed by atoms with Gasteiger partial charge in [-0.15, -0.1) is 0 Å². The van der Waals surface area contributed by atoms with Crippen molar-refractivity contribution >= 4 is 33.0 Å². The first-order valence-electron chi connectivity index (χ1n) is 9.07. The Hall–Kier alpha value is -2.09. The number of carbonyl (C=O) groups is 2. The first kappa shape index (κ1) is 18.7. The normalized spacial score (nSPS) is 18.6. The molecule has 26 heavy (non-hydrogen) atoms. The van der Waals surface area contributed by atoms with Crippen molar-refractivity contribution in [2.45, 2.75) is 37.4 Å². The second-order valence-electron chi connectivity index (χ2n) is 6.89. The number of piperazine rings is 1. The van der Waals surface area contributed by atoms with Gasteiger partial charge in [-0.2, -0.15) is 0 Å². The molecule has 7 nitrogen and oxygen atoms in total. The highest BCUT2D eigenvalue weighted by atomic mass is 32.2. The summed E-state index contributed by atoms with van der Waals surface area (Å²) < 4.78 is 24.4. The number of sulfone groups is 1. The predicted molar refractivity (Wildman–Crippen MR) is 101 cm³/mol. The maximum atomic E-state index is 12.2. The lowest BCUT2D eigenvalue weighted by Crippen LogP contribution is -2.47. The van der Waals surface area contributed by atoms with Crippen LogP contribution in [0.15, 0.2) is 24.3 Å². The van der Waals surface area contributed by atoms with Gasteiger partial charge in [0.05, 0.1) is 17.5 Å². The van der Waals surface area contributed by atoms with E-state index in [0.717, 1.165) is 37.9 Å². The van der Waals surface area contributed by atoms with Crippen LogP contribution in [0.2, 0.25) is 0 Å². The molecule has 0 aromatic heterocycles. The Labute approximate surface area is 154 Å². The van der Waals surface area contributed by atoms with Gasteiger partial charge in [0, 0.05) is 30.9 Å². The van der Waals surface area contributed by atoms with Crippen molar-refractivity contribution in [3.05, 3.63) is 24.3 Å². The van der Waals surface area contributed by atoms with Gasteiger partial charge in [-0.3, -0.25) is 9.59 Å². The first-order chi connectivity index (χ1) is 12.4. The molecule has 1 saturated carbocycles. The van der Waals surface area contributed by atoms with Crippen molar-refractivity contribution in [3.8, 4) is 0 Å². The molecule has 3 rings (SSSR count). The maximum Gasteiger partial charge on any atom is 0.239 e. The number of anilines is 2. The number of rotatable bonds is 6. The van der Waals surface area contributed by atoms with Crippen LogP contribution >= 0.6 is 0 Å². The second kappa shape index (κ2) is 8.07. The van der Waals surface area contributed by atoms with Crippen molar-refractivity contribution in [1.82, 2.24) is 5.32 Å². The lowest BCUT2D eigenvalue weighted by Gasteiger charge is -2.28. The van der Waals surface area contributed by atoms with Gasteiger partial charge in [0.1, 0.15) is 0 Å². The van der Waals surface area contributed by atoms with Crippen LogP contribution in [0.4, 0.5) is 11.4 Å². The fourth-order valence-corrected chi connectivity index (χ4v) is 5.34. The van der Waals surface area contributed by atoms with Crippen LogP contribution in [0, 0.1) is 0 Å². The topological polar surface area (TPSA) is 95.6 Å². The molecule has 1 aromatic rings. The number of hydrogen-bond acceptors (Lipinski definition) is 5. The summed E-state index contributed by atoms with van der Waals surface area (Å²) in [4.78, 5) is 25.5. The number of hydrogen-bond donors (Lipinski definition) is 2. The fourth-order valence-electron chi connectivity index (χ4n) is 3.49. The molecule has 0 spiro atoms. The highest BCUT2D eigenvalue weighted by Crippen LogP contribution is 2.25. The summed E-state index contributed by atoms with van der Waals surface area (Å²) in [7, 11) is -3.18. The largest absolute Gasteiger partial charge is 0.360 e. The standard InChI is InChI=1S/C18H25N3O4S/c22-17(9-12-26(24,25)16-3-1-2-4-16)20-14-5-7-15(8-6-14)21-11-10-19-18(23)13-21/h5-8,16H,1-4,9-13H2,(H,19,23)(H,20,22). The van der Waals surface area contributed by atoms with Crippen molar-refractivity contribution in [2.75, 3.05) is 35.6 Å².